The molecule has 3 unspecified atom stereocenters. The minimum Gasteiger partial charge on any atom is -0.339 e. The predicted molar refractivity (Wildman–Crippen MR) is 137 cm³/mol. The van der Waals surface area contributed by atoms with Crippen molar-refractivity contribution < 1.29 is 4.79 Å². The van der Waals surface area contributed by atoms with Crippen LogP contribution < -0.4 is 0 Å². The van der Waals surface area contributed by atoms with Crippen molar-refractivity contribution in [3.05, 3.63) is 83.4 Å². The van der Waals surface area contributed by atoms with E-state index in [1.54, 1.807) is 0 Å². The molecular formula is C29H39N3O. The van der Waals surface area contributed by atoms with E-state index in [1.807, 2.05) is 30.9 Å². The van der Waals surface area contributed by atoms with Crippen molar-refractivity contribution in [3.8, 4) is 0 Å². The van der Waals surface area contributed by atoms with Gasteiger partial charge in [0.25, 0.3) is 5.91 Å². The van der Waals surface area contributed by atoms with Crippen LogP contribution >= 0.6 is 0 Å². The molecule has 3 atom stereocenters. The van der Waals surface area contributed by atoms with Gasteiger partial charge in [0.2, 0.25) is 0 Å². The average Bonchev–Trinajstić information content (AvgIpc) is 3.10. The molecule has 2 saturated heterocycles. The van der Waals surface area contributed by atoms with E-state index in [4.69, 9.17) is 0 Å². The van der Waals surface area contributed by atoms with Crippen molar-refractivity contribution in [1.82, 2.24) is 14.7 Å². The second-order valence-electron chi connectivity index (χ2n) is 9.57. The van der Waals surface area contributed by atoms with Crippen molar-refractivity contribution in [2.24, 2.45) is 0 Å². The van der Waals surface area contributed by atoms with Gasteiger partial charge in [-0.25, -0.2) is 0 Å². The number of carbonyl (C=O) groups is 1. The lowest BCUT2D eigenvalue weighted by Gasteiger charge is -2.34. The molecule has 2 bridgehead atoms. The van der Waals surface area contributed by atoms with Crippen LogP contribution in [0.25, 0.3) is 0 Å². The standard InChI is InChI=1S/C29H39N3O/c1-5-18-32-26-15-16-27(32)21-31(19-17-26)28(25-10-8-9-22(4)20-25)23-11-13-24(14-12-23)29(33)30(6-2)7-3/h5,8-14,20,26-28H,1,6-7,15-19,21H2,2-4H3. The summed E-state index contributed by atoms with van der Waals surface area (Å²) in [7, 11) is 0. The number of likely N-dealkylation sites (tertiary alicyclic amines) is 1. The summed E-state index contributed by atoms with van der Waals surface area (Å²) in [5, 5.41) is 0. The van der Waals surface area contributed by atoms with E-state index in [9.17, 15) is 4.79 Å². The summed E-state index contributed by atoms with van der Waals surface area (Å²) in [6, 6.07) is 18.8. The van der Waals surface area contributed by atoms with Crippen LogP contribution in [0.3, 0.4) is 0 Å². The van der Waals surface area contributed by atoms with Gasteiger partial charge in [0.15, 0.2) is 0 Å². The molecule has 1 amide bonds. The average molecular weight is 446 g/mol. The molecule has 176 valence electrons. The number of hydrogen-bond acceptors (Lipinski definition) is 3. The van der Waals surface area contributed by atoms with Crippen molar-refractivity contribution in [2.45, 2.75) is 58.2 Å². The van der Waals surface area contributed by atoms with E-state index in [-0.39, 0.29) is 11.9 Å². The number of benzene rings is 2. The van der Waals surface area contributed by atoms with Gasteiger partial charge in [-0.05, 0) is 63.3 Å². The van der Waals surface area contributed by atoms with Gasteiger partial charge in [0.1, 0.15) is 0 Å². The molecule has 2 heterocycles. The lowest BCUT2D eigenvalue weighted by atomic mass is 9.93. The number of hydrogen-bond donors (Lipinski definition) is 0. The molecular weight excluding hydrogens is 406 g/mol. The quantitative estimate of drug-likeness (QED) is 0.517. The van der Waals surface area contributed by atoms with Crippen molar-refractivity contribution >= 4 is 5.91 Å². The first-order valence-corrected chi connectivity index (χ1v) is 12.6. The number of rotatable bonds is 8. The monoisotopic (exact) mass is 445 g/mol. The van der Waals surface area contributed by atoms with E-state index < -0.39 is 0 Å². The van der Waals surface area contributed by atoms with Gasteiger partial charge in [0.05, 0.1) is 6.04 Å². The van der Waals surface area contributed by atoms with Crippen LogP contribution in [-0.2, 0) is 0 Å². The summed E-state index contributed by atoms with van der Waals surface area (Å²) in [5.41, 5.74) is 4.67. The molecule has 2 aliphatic rings. The number of nitrogens with zero attached hydrogens (tertiary/aromatic N) is 3. The first kappa shape index (κ1) is 23.7. The Kier molecular flexibility index (Phi) is 7.67. The molecule has 0 aliphatic carbocycles. The van der Waals surface area contributed by atoms with Gasteiger partial charge in [-0.3, -0.25) is 14.6 Å². The highest BCUT2D eigenvalue weighted by molar-refractivity contribution is 5.94. The molecule has 0 N–H and O–H groups in total. The number of aryl methyl sites for hydroxylation is 1. The molecule has 4 heteroatoms. The zero-order valence-corrected chi connectivity index (χ0v) is 20.5. The van der Waals surface area contributed by atoms with Gasteiger partial charge in [-0.15, -0.1) is 6.58 Å². The van der Waals surface area contributed by atoms with E-state index in [2.05, 4.69) is 65.8 Å². The van der Waals surface area contributed by atoms with E-state index in [1.165, 1.54) is 36.0 Å². The van der Waals surface area contributed by atoms with Gasteiger partial charge in [-0.2, -0.15) is 0 Å². The third-order valence-electron chi connectivity index (χ3n) is 7.55. The highest BCUT2D eigenvalue weighted by Gasteiger charge is 2.38. The van der Waals surface area contributed by atoms with Gasteiger partial charge in [0, 0.05) is 50.4 Å². The summed E-state index contributed by atoms with van der Waals surface area (Å²) in [4.78, 5) is 20.1. The Morgan fingerprint density at radius 1 is 1.06 bits per heavy atom. The van der Waals surface area contributed by atoms with Crippen LogP contribution in [0.5, 0.6) is 0 Å². The van der Waals surface area contributed by atoms with Crippen LogP contribution in [0.15, 0.2) is 61.2 Å². The Balaban J connectivity index is 1.65. The summed E-state index contributed by atoms with van der Waals surface area (Å²) >= 11 is 0. The van der Waals surface area contributed by atoms with E-state index >= 15 is 0 Å². The zero-order chi connectivity index (χ0) is 23.4. The Morgan fingerprint density at radius 2 is 1.79 bits per heavy atom. The number of carbonyl (C=O) groups excluding carboxylic acids is 1. The van der Waals surface area contributed by atoms with E-state index in [0.29, 0.717) is 12.1 Å². The maximum atomic E-state index is 12.8. The minimum absolute atomic E-state index is 0.116. The fraction of sp³-hybridized carbons (Fsp3) is 0.483. The second kappa shape index (κ2) is 10.7. The maximum Gasteiger partial charge on any atom is 0.253 e. The van der Waals surface area contributed by atoms with Gasteiger partial charge in [-0.1, -0.05) is 48.0 Å². The highest BCUT2D eigenvalue weighted by Crippen LogP contribution is 2.36. The third kappa shape index (κ3) is 5.07. The van der Waals surface area contributed by atoms with Crippen molar-refractivity contribution in [3.63, 3.8) is 0 Å². The fourth-order valence-electron chi connectivity index (χ4n) is 5.84. The molecule has 0 saturated carbocycles. The zero-order valence-electron chi connectivity index (χ0n) is 20.5. The summed E-state index contributed by atoms with van der Waals surface area (Å²) in [6.45, 7) is 14.9. The van der Waals surface area contributed by atoms with Crippen LogP contribution in [0, 0.1) is 6.92 Å². The fourth-order valence-corrected chi connectivity index (χ4v) is 5.84. The SMILES string of the molecule is C=CCN1C2CCC1CN(C(c1ccc(C(=O)N(CC)CC)cc1)c1cccc(C)c1)CC2. The predicted octanol–water partition coefficient (Wildman–Crippen LogP) is 5.29. The van der Waals surface area contributed by atoms with Crippen LogP contribution in [0.1, 0.15) is 66.2 Å². The van der Waals surface area contributed by atoms with Crippen LogP contribution in [0.2, 0.25) is 0 Å². The van der Waals surface area contributed by atoms with Gasteiger partial charge < -0.3 is 4.90 Å². The molecule has 4 nitrogen and oxygen atoms in total. The Morgan fingerprint density at radius 3 is 2.45 bits per heavy atom. The molecule has 2 aliphatic heterocycles. The largest absolute Gasteiger partial charge is 0.339 e. The first-order chi connectivity index (χ1) is 16.0. The van der Waals surface area contributed by atoms with Crippen molar-refractivity contribution in [1.29, 1.82) is 0 Å². The Labute approximate surface area is 199 Å². The molecule has 33 heavy (non-hydrogen) atoms. The molecule has 2 aromatic rings. The maximum absolute atomic E-state index is 12.8. The molecule has 2 aromatic carbocycles. The first-order valence-electron chi connectivity index (χ1n) is 12.6. The van der Waals surface area contributed by atoms with E-state index in [0.717, 1.165) is 38.3 Å². The Bertz CT molecular complexity index is 950. The normalized spacial score (nSPS) is 22.0. The van der Waals surface area contributed by atoms with Crippen LogP contribution in [0.4, 0.5) is 0 Å². The topological polar surface area (TPSA) is 26.8 Å². The number of amides is 1. The lowest BCUT2D eigenvalue weighted by molar-refractivity contribution is 0.0773. The summed E-state index contributed by atoms with van der Waals surface area (Å²) in [6.07, 6.45) is 5.84. The molecule has 2 fully saturated rings. The Hall–Kier alpha value is -2.43. The lowest BCUT2D eigenvalue weighted by Crippen LogP contribution is -2.40. The third-order valence-corrected chi connectivity index (χ3v) is 7.55. The number of fused-ring (bicyclic) bond motifs is 2. The minimum atomic E-state index is 0.116. The second-order valence-corrected chi connectivity index (χ2v) is 9.57. The molecule has 4 rings (SSSR count). The van der Waals surface area contributed by atoms with Gasteiger partial charge >= 0.3 is 0 Å². The molecule has 0 spiro atoms. The van der Waals surface area contributed by atoms with Crippen LogP contribution in [-0.4, -0.2) is 65.4 Å². The molecule has 0 radical (unpaired) electrons. The molecule has 0 aromatic heterocycles. The summed E-state index contributed by atoms with van der Waals surface area (Å²) in [5.74, 6) is 0.116. The summed E-state index contributed by atoms with van der Waals surface area (Å²) < 4.78 is 0. The van der Waals surface area contributed by atoms with Crippen molar-refractivity contribution in [2.75, 3.05) is 32.7 Å². The smallest absolute Gasteiger partial charge is 0.253 e. The highest BCUT2D eigenvalue weighted by atomic mass is 16.2.